The Morgan fingerprint density at radius 3 is 2.32 bits per heavy atom. The largest absolute Gasteiger partial charge is 0.325 e. The summed E-state index contributed by atoms with van der Waals surface area (Å²) in [4.78, 5) is 27.0. The van der Waals surface area contributed by atoms with Gasteiger partial charge in [-0.1, -0.05) is 68.5 Å². The third-order valence-electron chi connectivity index (χ3n) is 5.61. The van der Waals surface area contributed by atoms with Crippen LogP contribution in [0.2, 0.25) is 0 Å². The Balaban J connectivity index is 1.57. The third kappa shape index (κ3) is 3.01. The first-order chi connectivity index (χ1) is 12.2. The second kappa shape index (κ2) is 6.51. The van der Waals surface area contributed by atoms with Gasteiger partial charge in [-0.3, -0.25) is 9.69 Å². The van der Waals surface area contributed by atoms with Crippen molar-refractivity contribution in [3.8, 4) is 0 Å². The van der Waals surface area contributed by atoms with E-state index in [1.54, 1.807) is 0 Å². The number of nitrogens with zero attached hydrogens (tertiary/aromatic N) is 1. The maximum absolute atomic E-state index is 13.1. The molecule has 4 heteroatoms. The first-order valence-corrected chi connectivity index (χ1v) is 9.30. The van der Waals surface area contributed by atoms with Crippen LogP contribution in [0.25, 0.3) is 10.8 Å². The highest BCUT2D eigenvalue weighted by molar-refractivity contribution is 6.07. The molecule has 0 unspecified atom stereocenters. The van der Waals surface area contributed by atoms with Crippen LogP contribution < -0.4 is 5.32 Å². The summed E-state index contributed by atoms with van der Waals surface area (Å²) in [6, 6.07) is 14.0. The highest BCUT2D eigenvalue weighted by Gasteiger charge is 2.50. The lowest BCUT2D eigenvalue weighted by molar-refractivity contribution is -0.132. The van der Waals surface area contributed by atoms with Crippen LogP contribution in [0.3, 0.4) is 0 Å². The lowest BCUT2D eigenvalue weighted by Crippen LogP contribution is -2.47. The van der Waals surface area contributed by atoms with E-state index in [1.165, 1.54) is 16.7 Å². The van der Waals surface area contributed by atoms with Gasteiger partial charge >= 0.3 is 6.03 Å². The second-order valence-electron chi connectivity index (χ2n) is 7.35. The van der Waals surface area contributed by atoms with E-state index in [9.17, 15) is 9.59 Å². The molecule has 0 bridgehead atoms. The average molecular weight is 336 g/mol. The summed E-state index contributed by atoms with van der Waals surface area (Å²) in [6.45, 7) is 0.344. The van der Waals surface area contributed by atoms with Gasteiger partial charge in [0, 0.05) is 0 Å². The Morgan fingerprint density at radius 2 is 1.56 bits per heavy atom. The molecule has 130 valence electrons. The zero-order chi connectivity index (χ0) is 17.3. The maximum atomic E-state index is 13.1. The number of nitrogens with one attached hydrogen (secondary N) is 1. The zero-order valence-corrected chi connectivity index (χ0v) is 14.5. The van der Waals surface area contributed by atoms with Crippen LogP contribution in [-0.4, -0.2) is 22.4 Å². The Morgan fingerprint density at radius 1 is 0.880 bits per heavy atom. The van der Waals surface area contributed by atoms with Gasteiger partial charge in [0.1, 0.15) is 5.54 Å². The van der Waals surface area contributed by atoms with Gasteiger partial charge in [-0.2, -0.15) is 0 Å². The second-order valence-corrected chi connectivity index (χ2v) is 7.35. The van der Waals surface area contributed by atoms with Crippen LogP contribution in [0.15, 0.2) is 42.5 Å². The number of hydrogen-bond acceptors (Lipinski definition) is 2. The molecular formula is C21H24N2O2. The molecule has 1 spiro atoms. The predicted molar refractivity (Wildman–Crippen MR) is 98.1 cm³/mol. The smallest absolute Gasteiger partial charge is 0.323 e. The average Bonchev–Trinajstić information content (AvgIpc) is 2.83. The van der Waals surface area contributed by atoms with Crippen molar-refractivity contribution in [3.05, 3.63) is 48.0 Å². The maximum Gasteiger partial charge on any atom is 0.325 e. The molecule has 0 atom stereocenters. The molecule has 1 N–H and O–H groups in total. The molecule has 4 nitrogen and oxygen atoms in total. The molecule has 4 rings (SSSR count). The molecule has 25 heavy (non-hydrogen) atoms. The summed E-state index contributed by atoms with van der Waals surface area (Å²) in [6.07, 6.45) is 7.09. The number of hydrogen-bond donors (Lipinski definition) is 1. The summed E-state index contributed by atoms with van der Waals surface area (Å²) >= 11 is 0. The Bertz CT molecular complexity index is 806. The quantitative estimate of drug-likeness (QED) is 0.828. The van der Waals surface area contributed by atoms with E-state index >= 15 is 0 Å². The van der Waals surface area contributed by atoms with E-state index in [0.29, 0.717) is 6.54 Å². The molecule has 1 saturated heterocycles. The fraction of sp³-hybridized carbons (Fsp3) is 0.429. The number of benzene rings is 2. The summed E-state index contributed by atoms with van der Waals surface area (Å²) in [5.74, 6) is -0.0347. The van der Waals surface area contributed by atoms with Gasteiger partial charge in [-0.25, -0.2) is 4.79 Å². The van der Waals surface area contributed by atoms with Crippen LogP contribution in [0.5, 0.6) is 0 Å². The van der Waals surface area contributed by atoms with E-state index in [1.807, 2.05) is 18.2 Å². The molecular weight excluding hydrogens is 312 g/mol. The number of carbonyl (C=O) groups is 2. The standard InChI is InChI=1S/C21H24N2O2/c24-19-21(12-6-2-1-3-7-13-21)22-20(25)23(19)15-16-10-11-17-8-4-5-9-18(17)14-16/h4-5,8-11,14H,1-3,6-7,12-13,15H2,(H,22,25). The SMILES string of the molecule is O=C1NC2(CCCCCCC2)C(=O)N1Cc1ccc2ccccc2c1. The minimum absolute atomic E-state index is 0.0347. The van der Waals surface area contributed by atoms with E-state index in [-0.39, 0.29) is 11.9 Å². The molecule has 2 aromatic rings. The summed E-state index contributed by atoms with van der Waals surface area (Å²) < 4.78 is 0. The number of fused-ring (bicyclic) bond motifs is 1. The van der Waals surface area contributed by atoms with Crippen molar-refractivity contribution < 1.29 is 9.59 Å². The van der Waals surface area contributed by atoms with Gasteiger partial charge in [0.25, 0.3) is 5.91 Å². The number of amides is 3. The first kappa shape index (κ1) is 16.1. The normalized spacial score (nSPS) is 20.6. The van der Waals surface area contributed by atoms with Crippen molar-refractivity contribution in [3.63, 3.8) is 0 Å². The molecule has 1 aliphatic heterocycles. The minimum atomic E-state index is -0.658. The number of rotatable bonds is 2. The lowest BCUT2D eigenvalue weighted by atomic mass is 9.84. The highest BCUT2D eigenvalue weighted by Crippen LogP contribution is 2.33. The van der Waals surface area contributed by atoms with Gasteiger partial charge < -0.3 is 5.32 Å². The van der Waals surface area contributed by atoms with Crippen molar-refractivity contribution in [2.75, 3.05) is 0 Å². The summed E-state index contributed by atoms with van der Waals surface area (Å²) in [5.41, 5.74) is 0.332. The van der Waals surface area contributed by atoms with Crippen molar-refractivity contribution in [1.82, 2.24) is 10.2 Å². The van der Waals surface area contributed by atoms with Crippen molar-refractivity contribution in [1.29, 1.82) is 0 Å². The molecule has 1 aliphatic carbocycles. The fourth-order valence-corrected chi connectivity index (χ4v) is 4.19. The van der Waals surface area contributed by atoms with Gasteiger partial charge in [-0.05, 0) is 35.2 Å². The zero-order valence-electron chi connectivity index (χ0n) is 14.5. The molecule has 1 heterocycles. The summed E-state index contributed by atoms with van der Waals surface area (Å²) in [7, 11) is 0. The van der Waals surface area contributed by atoms with Gasteiger partial charge in [0.15, 0.2) is 0 Å². The molecule has 0 radical (unpaired) electrons. The van der Waals surface area contributed by atoms with Crippen LogP contribution >= 0.6 is 0 Å². The van der Waals surface area contributed by atoms with E-state index in [4.69, 9.17) is 0 Å². The topological polar surface area (TPSA) is 49.4 Å². The van der Waals surface area contributed by atoms with Gasteiger partial charge in [0.05, 0.1) is 6.54 Å². The van der Waals surface area contributed by atoms with Gasteiger partial charge in [-0.15, -0.1) is 0 Å². The molecule has 0 aromatic heterocycles. The predicted octanol–water partition coefficient (Wildman–Crippen LogP) is 4.37. The van der Waals surface area contributed by atoms with Crippen molar-refractivity contribution >= 4 is 22.7 Å². The molecule has 2 fully saturated rings. The van der Waals surface area contributed by atoms with Crippen molar-refractivity contribution in [2.45, 2.75) is 57.0 Å². The number of imide groups is 1. The fourth-order valence-electron chi connectivity index (χ4n) is 4.19. The Labute approximate surface area is 148 Å². The number of urea groups is 1. The lowest BCUT2D eigenvalue weighted by Gasteiger charge is -2.28. The first-order valence-electron chi connectivity index (χ1n) is 9.30. The molecule has 2 aliphatic rings. The third-order valence-corrected chi connectivity index (χ3v) is 5.61. The van der Waals surface area contributed by atoms with Crippen LogP contribution in [0.4, 0.5) is 4.79 Å². The Hall–Kier alpha value is -2.36. The minimum Gasteiger partial charge on any atom is -0.323 e. The Kier molecular flexibility index (Phi) is 4.20. The van der Waals surface area contributed by atoms with E-state index in [0.717, 1.165) is 49.5 Å². The van der Waals surface area contributed by atoms with Crippen LogP contribution in [0, 0.1) is 0 Å². The van der Waals surface area contributed by atoms with E-state index in [2.05, 4.69) is 29.6 Å². The van der Waals surface area contributed by atoms with Gasteiger partial charge in [0.2, 0.25) is 0 Å². The molecule has 2 aromatic carbocycles. The molecule has 3 amide bonds. The van der Waals surface area contributed by atoms with Crippen LogP contribution in [-0.2, 0) is 11.3 Å². The van der Waals surface area contributed by atoms with Crippen molar-refractivity contribution in [2.24, 2.45) is 0 Å². The number of carbonyl (C=O) groups excluding carboxylic acids is 2. The van der Waals surface area contributed by atoms with Crippen LogP contribution in [0.1, 0.15) is 50.5 Å². The molecule has 1 saturated carbocycles. The monoisotopic (exact) mass is 336 g/mol. The summed E-state index contributed by atoms with van der Waals surface area (Å²) in [5, 5.41) is 5.33. The highest BCUT2D eigenvalue weighted by atomic mass is 16.2. The van der Waals surface area contributed by atoms with E-state index < -0.39 is 5.54 Å².